The molecule has 3 aromatic heterocycles. The molecule has 0 fully saturated rings. The van der Waals surface area contributed by atoms with E-state index < -0.39 is 0 Å². The summed E-state index contributed by atoms with van der Waals surface area (Å²) in [6.07, 6.45) is 5.42. The summed E-state index contributed by atoms with van der Waals surface area (Å²) in [6, 6.07) is 13.9. The maximum atomic E-state index is 5.90. The highest BCUT2D eigenvalue weighted by Crippen LogP contribution is 2.28. The predicted molar refractivity (Wildman–Crippen MR) is 100 cm³/mol. The average molecular weight is 331 g/mol. The maximum absolute atomic E-state index is 5.90. The fourth-order valence-electron chi connectivity index (χ4n) is 2.67. The van der Waals surface area contributed by atoms with Crippen molar-refractivity contribution in [2.45, 2.75) is 0 Å². The van der Waals surface area contributed by atoms with Gasteiger partial charge in [0.15, 0.2) is 5.58 Å². The number of pyridine rings is 2. The van der Waals surface area contributed by atoms with Gasteiger partial charge in [0.05, 0.1) is 26.7 Å². The van der Waals surface area contributed by atoms with E-state index in [2.05, 4.69) is 36.1 Å². The van der Waals surface area contributed by atoms with Crippen molar-refractivity contribution in [2.75, 3.05) is 21.1 Å². The first kappa shape index (κ1) is 15.5. The lowest BCUT2D eigenvalue weighted by Gasteiger charge is -2.21. The average Bonchev–Trinajstić information content (AvgIpc) is 3.05. The molecule has 0 N–H and O–H groups in total. The van der Waals surface area contributed by atoms with Crippen molar-refractivity contribution < 1.29 is 4.42 Å². The van der Waals surface area contributed by atoms with Crippen LogP contribution in [0.25, 0.3) is 33.7 Å². The summed E-state index contributed by atoms with van der Waals surface area (Å²) in [5, 5.41) is 0. The zero-order valence-corrected chi connectivity index (χ0v) is 14.5. The Bertz CT molecular complexity index is 1020. The first-order valence-corrected chi connectivity index (χ1v) is 8.10. The van der Waals surface area contributed by atoms with Crippen molar-refractivity contribution in [2.24, 2.45) is 0 Å². The van der Waals surface area contributed by atoms with Crippen LogP contribution in [0.1, 0.15) is 0 Å². The number of nitrogens with zero attached hydrogens (tertiary/aromatic N) is 4. The number of quaternary nitrogens is 1. The zero-order chi connectivity index (χ0) is 17.4. The van der Waals surface area contributed by atoms with Crippen molar-refractivity contribution in [1.82, 2.24) is 19.4 Å². The van der Waals surface area contributed by atoms with E-state index >= 15 is 0 Å². The van der Waals surface area contributed by atoms with Crippen molar-refractivity contribution >= 4 is 16.9 Å². The van der Waals surface area contributed by atoms with E-state index in [1.165, 1.54) is 0 Å². The lowest BCUT2D eigenvalue weighted by atomic mass is 10.1. The normalized spacial score (nSPS) is 11.8. The second-order valence-corrected chi connectivity index (χ2v) is 6.86. The molecule has 4 rings (SSSR count). The van der Waals surface area contributed by atoms with Crippen LogP contribution in [-0.2, 0) is 0 Å². The summed E-state index contributed by atoms with van der Waals surface area (Å²) in [4.78, 5) is 13.3. The molecular formula is C20H19N4O+. The Morgan fingerprint density at radius 2 is 1.72 bits per heavy atom. The molecule has 0 atom stereocenters. The largest absolute Gasteiger partial charge is 0.436 e. The van der Waals surface area contributed by atoms with Gasteiger partial charge < -0.3 is 4.42 Å². The van der Waals surface area contributed by atoms with E-state index in [-0.39, 0.29) is 0 Å². The molecule has 0 amide bonds. The van der Waals surface area contributed by atoms with Gasteiger partial charge in [-0.2, -0.15) is 0 Å². The molecule has 25 heavy (non-hydrogen) atoms. The van der Waals surface area contributed by atoms with Gasteiger partial charge in [-0.15, -0.1) is 0 Å². The molecule has 124 valence electrons. The second-order valence-electron chi connectivity index (χ2n) is 6.86. The molecule has 3 heterocycles. The van der Waals surface area contributed by atoms with Crippen LogP contribution in [0.2, 0.25) is 0 Å². The number of hydrogen-bond donors (Lipinski definition) is 0. The van der Waals surface area contributed by atoms with Gasteiger partial charge >= 0.3 is 0 Å². The molecule has 0 aliphatic carbocycles. The van der Waals surface area contributed by atoms with Gasteiger partial charge in [0.2, 0.25) is 11.7 Å². The Balaban J connectivity index is 1.72. The minimum atomic E-state index is 0.582. The van der Waals surface area contributed by atoms with Gasteiger partial charge in [-0.25, -0.2) is 9.97 Å². The molecular weight excluding hydrogens is 312 g/mol. The van der Waals surface area contributed by atoms with Gasteiger partial charge in [0.1, 0.15) is 5.52 Å². The van der Waals surface area contributed by atoms with Crippen LogP contribution in [-0.4, -0.2) is 36.1 Å². The predicted octanol–water partition coefficient (Wildman–Crippen LogP) is 4.15. The third kappa shape index (κ3) is 3.02. The van der Waals surface area contributed by atoms with Gasteiger partial charge in [0.25, 0.3) is 0 Å². The Morgan fingerprint density at radius 1 is 0.880 bits per heavy atom. The second kappa shape index (κ2) is 5.79. The molecule has 5 nitrogen and oxygen atoms in total. The number of aromatic nitrogens is 3. The van der Waals surface area contributed by atoms with E-state index in [0.29, 0.717) is 10.4 Å². The van der Waals surface area contributed by atoms with Crippen molar-refractivity contribution in [3.8, 4) is 22.6 Å². The SMILES string of the molecule is C[N+](C)(C)c1ccc(-c2nc3cc(-c4cccnc4)ccc3o2)cn1. The topological polar surface area (TPSA) is 51.8 Å². The molecule has 0 bridgehead atoms. The van der Waals surface area contributed by atoms with Gasteiger partial charge in [-0.05, 0) is 29.8 Å². The van der Waals surface area contributed by atoms with Crippen LogP contribution in [0.5, 0.6) is 0 Å². The van der Waals surface area contributed by atoms with Gasteiger partial charge in [-0.1, -0.05) is 12.1 Å². The van der Waals surface area contributed by atoms with E-state index in [0.717, 1.165) is 33.6 Å². The monoisotopic (exact) mass is 331 g/mol. The first-order chi connectivity index (χ1) is 12.0. The summed E-state index contributed by atoms with van der Waals surface area (Å²) < 4.78 is 6.57. The molecule has 0 saturated heterocycles. The summed E-state index contributed by atoms with van der Waals surface area (Å²) in [5.74, 6) is 1.57. The first-order valence-electron chi connectivity index (χ1n) is 8.10. The zero-order valence-electron chi connectivity index (χ0n) is 14.5. The molecule has 0 spiro atoms. The number of rotatable bonds is 3. The fourth-order valence-corrected chi connectivity index (χ4v) is 2.67. The van der Waals surface area contributed by atoms with Crippen LogP contribution in [0.3, 0.4) is 0 Å². The summed E-state index contributed by atoms with van der Waals surface area (Å²) >= 11 is 0. The number of hydrogen-bond acceptors (Lipinski definition) is 4. The van der Waals surface area contributed by atoms with Gasteiger partial charge in [-0.3, -0.25) is 9.47 Å². The van der Waals surface area contributed by atoms with Crippen LogP contribution in [0, 0.1) is 0 Å². The fraction of sp³-hybridized carbons (Fsp3) is 0.150. The summed E-state index contributed by atoms with van der Waals surface area (Å²) in [6.45, 7) is 0. The van der Waals surface area contributed by atoms with Crippen LogP contribution in [0.15, 0.2) is 65.5 Å². The van der Waals surface area contributed by atoms with E-state index in [9.17, 15) is 0 Å². The van der Waals surface area contributed by atoms with E-state index in [1.54, 1.807) is 6.20 Å². The maximum Gasteiger partial charge on any atom is 0.228 e. The van der Waals surface area contributed by atoms with E-state index in [1.807, 2.05) is 54.9 Å². The van der Waals surface area contributed by atoms with Crippen molar-refractivity contribution in [3.63, 3.8) is 0 Å². The molecule has 0 unspecified atom stereocenters. The Hall–Kier alpha value is -3.05. The molecule has 0 saturated carbocycles. The standard InChI is InChI=1S/C20H19N4O/c1-24(2,3)19-9-7-16(13-22-19)20-23-17-11-14(6-8-18(17)25-20)15-5-4-10-21-12-15/h4-13H,1-3H3/q+1. The summed E-state index contributed by atoms with van der Waals surface area (Å²) in [5.41, 5.74) is 4.59. The van der Waals surface area contributed by atoms with Crippen LogP contribution >= 0.6 is 0 Å². The molecule has 1 aromatic carbocycles. The molecule has 0 aliphatic rings. The lowest BCUT2D eigenvalue weighted by molar-refractivity contribution is 0.473. The molecule has 5 heteroatoms. The molecule has 4 aromatic rings. The van der Waals surface area contributed by atoms with E-state index in [4.69, 9.17) is 4.42 Å². The highest BCUT2D eigenvalue weighted by atomic mass is 16.3. The highest BCUT2D eigenvalue weighted by Gasteiger charge is 2.15. The number of oxazole rings is 1. The van der Waals surface area contributed by atoms with Crippen molar-refractivity contribution in [3.05, 3.63) is 61.1 Å². The third-order valence-electron chi connectivity index (χ3n) is 4.06. The summed E-state index contributed by atoms with van der Waals surface area (Å²) in [7, 11) is 6.25. The molecule has 0 radical (unpaired) electrons. The third-order valence-corrected chi connectivity index (χ3v) is 4.06. The Morgan fingerprint density at radius 3 is 2.40 bits per heavy atom. The highest BCUT2D eigenvalue weighted by molar-refractivity contribution is 5.82. The van der Waals surface area contributed by atoms with Crippen LogP contribution in [0.4, 0.5) is 5.82 Å². The minimum absolute atomic E-state index is 0.582. The Labute approximate surface area is 146 Å². The number of fused-ring (bicyclic) bond motifs is 1. The van der Waals surface area contributed by atoms with Gasteiger partial charge in [0, 0.05) is 30.2 Å². The number of benzene rings is 1. The smallest absolute Gasteiger partial charge is 0.228 e. The minimum Gasteiger partial charge on any atom is -0.436 e. The Kier molecular flexibility index (Phi) is 3.58. The van der Waals surface area contributed by atoms with Crippen molar-refractivity contribution in [1.29, 1.82) is 0 Å². The lowest BCUT2D eigenvalue weighted by Crippen LogP contribution is -2.35. The quantitative estimate of drug-likeness (QED) is 0.529. The molecule has 0 aliphatic heterocycles. The van der Waals surface area contributed by atoms with Crippen LogP contribution < -0.4 is 4.48 Å².